The molecule has 4 rings (SSSR count). The standard InChI is InChI=1S/C26H29N3O5S/c1-17(21-5-4-14-34-21)27-26(32)25-20-10-11-28(12-13-29(20)24(31)16-22(25)33-2)23(30)15-18-6-8-19(35-3)9-7-18/h4-9,14,16-17H,10-13,15H2,1-3H3,(H,27,32). The van der Waals surface area contributed by atoms with Gasteiger partial charge in [0.1, 0.15) is 17.1 Å². The van der Waals surface area contributed by atoms with Crippen molar-refractivity contribution in [2.45, 2.75) is 37.2 Å². The van der Waals surface area contributed by atoms with Crippen molar-refractivity contribution in [3.8, 4) is 5.75 Å². The molecular formula is C26H29N3O5S. The second kappa shape index (κ2) is 10.9. The van der Waals surface area contributed by atoms with E-state index in [1.54, 1.807) is 39.6 Å². The second-order valence-electron chi connectivity index (χ2n) is 8.39. The molecule has 1 atom stereocenters. The molecule has 2 aromatic heterocycles. The summed E-state index contributed by atoms with van der Waals surface area (Å²) in [4.78, 5) is 42.1. The van der Waals surface area contributed by atoms with E-state index in [0.717, 1.165) is 10.5 Å². The maximum Gasteiger partial charge on any atom is 0.257 e. The third-order valence-electron chi connectivity index (χ3n) is 6.23. The summed E-state index contributed by atoms with van der Waals surface area (Å²) in [6, 6.07) is 12.5. The van der Waals surface area contributed by atoms with E-state index in [2.05, 4.69) is 5.32 Å². The predicted molar refractivity (Wildman–Crippen MR) is 134 cm³/mol. The SMILES string of the molecule is COc1cc(=O)n2c(c1C(=O)NC(C)c1ccco1)CCN(C(=O)Cc1ccc(SC)cc1)CC2. The Hall–Kier alpha value is -3.46. The van der Waals surface area contributed by atoms with Gasteiger partial charge in [-0.05, 0) is 43.0 Å². The van der Waals surface area contributed by atoms with Gasteiger partial charge < -0.3 is 23.9 Å². The summed E-state index contributed by atoms with van der Waals surface area (Å²) in [5.74, 6) is 0.480. The summed E-state index contributed by atoms with van der Waals surface area (Å²) in [7, 11) is 1.44. The molecule has 3 aromatic rings. The molecule has 2 amide bonds. The minimum absolute atomic E-state index is 0.00725. The first-order valence-electron chi connectivity index (χ1n) is 11.5. The first-order chi connectivity index (χ1) is 16.9. The molecule has 3 heterocycles. The number of fused-ring (bicyclic) bond motifs is 1. The highest BCUT2D eigenvalue weighted by Gasteiger charge is 2.27. The number of carbonyl (C=O) groups excluding carboxylic acids is 2. The number of pyridine rings is 1. The number of hydrogen-bond donors (Lipinski definition) is 1. The lowest BCUT2D eigenvalue weighted by atomic mass is 10.1. The highest BCUT2D eigenvalue weighted by Crippen LogP contribution is 2.24. The number of nitrogens with zero attached hydrogens (tertiary/aromatic N) is 2. The fraction of sp³-hybridized carbons (Fsp3) is 0.346. The molecule has 184 valence electrons. The summed E-state index contributed by atoms with van der Waals surface area (Å²) in [5.41, 5.74) is 1.57. The molecule has 1 aliphatic heterocycles. The molecule has 0 radical (unpaired) electrons. The van der Waals surface area contributed by atoms with Gasteiger partial charge >= 0.3 is 0 Å². The van der Waals surface area contributed by atoms with Gasteiger partial charge in [-0.3, -0.25) is 14.4 Å². The first-order valence-corrected chi connectivity index (χ1v) is 12.7. The fourth-order valence-corrected chi connectivity index (χ4v) is 4.72. The molecule has 8 nitrogen and oxygen atoms in total. The molecule has 1 N–H and O–H groups in total. The minimum atomic E-state index is -0.365. The van der Waals surface area contributed by atoms with E-state index in [0.29, 0.717) is 43.1 Å². The first kappa shape index (κ1) is 24.7. The zero-order valence-electron chi connectivity index (χ0n) is 20.1. The van der Waals surface area contributed by atoms with Crippen LogP contribution in [0.2, 0.25) is 0 Å². The summed E-state index contributed by atoms with van der Waals surface area (Å²) in [6.45, 7) is 2.93. The highest BCUT2D eigenvalue weighted by molar-refractivity contribution is 7.98. The number of rotatable bonds is 7. The Morgan fingerprint density at radius 1 is 1.17 bits per heavy atom. The van der Waals surface area contributed by atoms with Crippen LogP contribution >= 0.6 is 11.8 Å². The van der Waals surface area contributed by atoms with E-state index in [1.165, 1.54) is 13.2 Å². The molecule has 9 heteroatoms. The summed E-state index contributed by atoms with van der Waals surface area (Å²) in [5, 5.41) is 2.93. The van der Waals surface area contributed by atoms with E-state index in [9.17, 15) is 14.4 Å². The summed E-state index contributed by atoms with van der Waals surface area (Å²) >= 11 is 1.65. The van der Waals surface area contributed by atoms with E-state index in [1.807, 2.05) is 37.4 Å². The Balaban J connectivity index is 1.55. The van der Waals surface area contributed by atoms with Crippen LogP contribution in [0.5, 0.6) is 5.75 Å². The van der Waals surface area contributed by atoms with E-state index in [-0.39, 0.29) is 35.6 Å². The largest absolute Gasteiger partial charge is 0.496 e. The predicted octanol–water partition coefficient (Wildman–Crippen LogP) is 3.29. The Morgan fingerprint density at radius 2 is 1.94 bits per heavy atom. The van der Waals surface area contributed by atoms with Crippen LogP contribution in [0.25, 0.3) is 0 Å². The van der Waals surface area contributed by atoms with Gasteiger partial charge in [0.2, 0.25) is 5.91 Å². The molecule has 1 unspecified atom stereocenters. The second-order valence-corrected chi connectivity index (χ2v) is 9.27. The lowest BCUT2D eigenvalue weighted by Crippen LogP contribution is -2.35. The van der Waals surface area contributed by atoms with Gasteiger partial charge in [-0.2, -0.15) is 0 Å². The maximum absolute atomic E-state index is 13.3. The number of hydrogen-bond acceptors (Lipinski definition) is 6. The Kier molecular flexibility index (Phi) is 7.65. The zero-order valence-corrected chi connectivity index (χ0v) is 20.9. The molecule has 0 saturated carbocycles. The summed E-state index contributed by atoms with van der Waals surface area (Å²) in [6.07, 6.45) is 4.21. The van der Waals surface area contributed by atoms with Crippen LogP contribution in [0.1, 0.15) is 40.3 Å². The Morgan fingerprint density at radius 3 is 2.60 bits per heavy atom. The van der Waals surface area contributed by atoms with Gasteiger partial charge in [0.15, 0.2) is 0 Å². The normalized spacial score (nSPS) is 14.1. The average molecular weight is 496 g/mol. The number of furan rings is 1. The number of methoxy groups -OCH3 is 1. The smallest absolute Gasteiger partial charge is 0.257 e. The van der Waals surface area contributed by atoms with Crippen molar-refractivity contribution in [2.24, 2.45) is 0 Å². The van der Waals surface area contributed by atoms with Crippen molar-refractivity contribution in [3.05, 3.63) is 81.7 Å². The van der Waals surface area contributed by atoms with Gasteiger partial charge in [0.25, 0.3) is 11.5 Å². The number of carbonyl (C=O) groups is 2. The molecule has 0 aliphatic carbocycles. The molecular weight excluding hydrogens is 466 g/mol. The number of thioether (sulfide) groups is 1. The number of aromatic nitrogens is 1. The van der Waals surface area contributed by atoms with Crippen LogP contribution < -0.4 is 15.6 Å². The third kappa shape index (κ3) is 5.45. The number of nitrogens with one attached hydrogen (secondary N) is 1. The van der Waals surface area contributed by atoms with Crippen molar-refractivity contribution in [2.75, 3.05) is 26.5 Å². The van der Waals surface area contributed by atoms with E-state index >= 15 is 0 Å². The molecule has 0 saturated heterocycles. The van der Waals surface area contributed by atoms with Crippen LogP contribution in [0.15, 0.2) is 62.8 Å². The van der Waals surface area contributed by atoms with Gasteiger partial charge in [-0.15, -0.1) is 11.8 Å². The van der Waals surface area contributed by atoms with Crippen molar-refractivity contribution in [1.29, 1.82) is 0 Å². The molecule has 0 fully saturated rings. The van der Waals surface area contributed by atoms with Gasteiger partial charge in [0, 0.05) is 42.7 Å². The number of ether oxygens (including phenoxy) is 1. The molecule has 1 aromatic carbocycles. The van der Waals surface area contributed by atoms with Crippen molar-refractivity contribution < 1.29 is 18.7 Å². The minimum Gasteiger partial charge on any atom is -0.496 e. The van der Waals surface area contributed by atoms with Crippen molar-refractivity contribution in [1.82, 2.24) is 14.8 Å². The fourth-order valence-electron chi connectivity index (χ4n) is 4.31. The Bertz CT molecular complexity index is 1250. The molecule has 1 aliphatic rings. The van der Waals surface area contributed by atoms with Crippen LogP contribution in [0.3, 0.4) is 0 Å². The van der Waals surface area contributed by atoms with E-state index in [4.69, 9.17) is 9.15 Å². The van der Waals surface area contributed by atoms with E-state index < -0.39 is 0 Å². The van der Waals surface area contributed by atoms with Crippen molar-refractivity contribution in [3.63, 3.8) is 0 Å². The quantitative estimate of drug-likeness (QED) is 0.506. The van der Waals surface area contributed by atoms with Crippen LogP contribution in [0, 0.1) is 0 Å². The number of amides is 2. The van der Waals surface area contributed by atoms with Crippen molar-refractivity contribution >= 4 is 23.6 Å². The van der Waals surface area contributed by atoms with Gasteiger partial charge in [0.05, 0.1) is 25.8 Å². The molecule has 35 heavy (non-hydrogen) atoms. The topological polar surface area (TPSA) is 93.8 Å². The highest BCUT2D eigenvalue weighted by atomic mass is 32.2. The average Bonchev–Trinajstić information content (AvgIpc) is 3.31. The zero-order chi connectivity index (χ0) is 24.9. The molecule has 0 spiro atoms. The lowest BCUT2D eigenvalue weighted by Gasteiger charge is -2.20. The maximum atomic E-state index is 13.3. The van der Waals surface area contributed by atoms with Gasteiger partial charge in [-0.25, -0.2) is 0 Å². The Labute approximate surface area is 208 Å². The van der Waals surface area contributed by atoms with Crippen LogP contribution in [-0.4, -0.2) is 47.7 Å². The van der Waals surface area contributed by atoms with Crippen LogP contribution in [-0.2, 0) is 24.2 Å². The third-order valence-corrected chi connectivity index (χ3v) is 6.97. The summed E-state index contributed by atoms with van der Waals surface area (Å²) < 4.78 is 12.4. The molecule has 0 bridgehead atoms. The lowest BCUT2D eigenvalue weighted by molar-refractivity contribution is -0.130. The van der Waals surface area contributed by atoms with Gasteiger partial charge in [-0.1, -0.05) is 12.1 Å². The van der Waals surface area contributed by atoms with Crippen LogP contribution in [0.4, 0.5) is 0 Å². The monoisotopic (exact) mass is 495 g/mol. The number of benzene rings is 1.